The number of carbonyl (C=O) groups excluding carboxylic acids is 2. The Bertz CT molecular complexity index is 1400. The maximum absolute atomic E-state index is 13.4. The Labute approximate surface area is 224 Å². The minimum atomic E-state index is -4.52. The van der Waals surface area contributed by atoms with Crippen molar-refractivity contribution in [3.8, 4) is 0 Å². The van der Waals surface area contributed by atoms with Gasteiger partial charge in [-0.25, -0.2) is 8.42 Å². The van der Waals surface area contributed by atoms with Crippen LogP contribution in [0, 0.1) is 5.41 Å². The summed E-state index contributed by atoms with van der Waals surface area (Å²) in [5, 5.41) is 11.8. The number of benzene rings is 2. The van der Waals surface area contributed by atoms with Crippen LogP contribution >= 0.6 is 0 Å². The van der Waals surface area contributed by atoms with Gasteiger partial charge in [0.25, 0.3) is 11.8 Å². The van der Waals surface area contributed by atoms with Gasteiger partial charge in [-0.15, -0.1) is 0 Å². The van der Waals surface area contributed by atoms with Crippen LogP contribution in [0.25, 0.3) is 0 Å². The van der Waals surface area contributed by atoms with Crippen molar-refractivity contribution in [2.45, 2.75) is 38.4 Å². The lowest BCUT2D eigenvalue weighted by molar-refractivity contribution is -0.140. The molecular weight excluding hydrogens is 537 g/mol. The third kappa shape index (κ3) is 6.14. The standard InChI is InChI=1S/C26H29F3N4O5S/c27-26(28,29)16-33-15-17-13-18(1-3-20(17)24(33)36)30-23(35)21-4-2-19(31-39(37,38)12-11-34)14-22(21)32-9-7-25(5-6-25)8-10-32/h1-4,13-14,31,34H,5-12,15-16H2,(H,30,35). The van der Waals surface area contributed by atoms with Crippen LogP contribution in [0.3, 0.4) is 0 Å². The van der Waals surface area contributed by atoms with E-state index < -0.39 is 46.9 Å². The molecular formula is C26H29F3N4O5S. The van der Waals surface area contributed by atoms with Gasteiger partial charge >= 0.3 is 6.18 Å². The van der Waals surface area contributed by atoms with Crippen molar-refractivity contribution in [1.82, 2.24) is 4.90 Å². The zero-order valence-electron chi connectivity index (χ0n) is 21.1. The molecule has 1 saturated heterocycles. The minimum absolute atomic E-state index is 0.166. The number of fused-ring (bicyclic) bond motifs is 1. The molecule has 2 fully saturated rings. The molecule has 1 spiro atoms. The minimum Gasteiger partial charge on any atom is -0.395 e. The molecule has 210 valence electrons. The number of piperidine rings is 1. The number of carbonyl (C=O) groups is 2. The predicted molar refractivity (Wildman–Crippen MR) is 139 cm³/mol. The average Bonchev–Trinajstić information content (AvgIpc) is 3.54. The van der Waals surface area contributed by atoms with E-state index >= 15 is 0 Å². The van der Waals surface area contributed by atoms with E-state index in [1.807, 2.05) is 0 Å². The maximum Gasteiger partial charge on any atom is 0.406 e. The van der Waals surface area contributed by atoms with E-state index in [2.05, 4.69) is 14.9 Å². The van der Waals surface area contributed by atoms with Crippen molar-refractivity contribution >= 4 is 38.9 Å². The highest BCUT2D eigenvalue weighted by molar-refractivity contribution is 7.92. The van der Waals surface area contributed by atoms with Crippen LogP contribution in [-0.2, 0) is 16.6 Å². The van der Waals surface area contributed by atoms with E-state index in [-0.39, 0.29) is 17.8 Å². The molecule has 3 N–H and O–H groups in total. The van der Waals surface area contributed by atoms with E-state index in [0.29, 0.717) is 45.9 Å². The number of nitrogens with one attached hydrogen (secondary N) is 2. The van der Waals surface area contributed by atoms with Crippen molar-refractivity contribution in [3.63, 3.8) is 0 Å². The van der Waals surface area contributed by atoms with Gasteiger partial charge < -0.3 is 20.2 Å². The molecule has 39 heavy (non-hydrogen) atoms. The fraction of sp³-hybridized carbons (Fsp3) is 0.462. The van der Waals surface area contributed by atoms with Crippen LogP contribution in [0.2, 0.25) is 0 Å². The molecule has 5 rings (SSSR count). The van der Waals surface area contributed by atoms with Crippen molar-refractivity contribution in [2.75, 3.05) is 46.9 Å². The predicted octanol–water partition coefficient (Wildman–Crippen LogP) is 3.57. The molecule has 0 unspecified atom stereocenters. The second-order valence-corrected chi connectivity index (χ2v) is 12.3. The van der Waals surface area contributed by atoms with E-state index in [1.165, 1.54) is 43.2 Å². The maximum atomic E-state index is 13.4. The molecule has 1 saturated carbocycles. The molecule has 0 radical (unpaired) electrons. The third-order valence-corrected chi connectivity index (χ3v) is 8.88. The van der Waals surface area contributed by atoms with Gasteiger partial charge in [-0.1, -0.05) is 0 Å². The first kappa shape index (κ1) is 27.3. The van der Waals surface area contributed by atoms with E-state index in [0.717, 1.165) is 12.8 Å². The Morgan fingerprint density at radius 3 is 2.36 bits per heavy atom. The zero-order chi connectivity index (χ0) is 28.0. The summed E-state index contributed by atoms with van der Waals surface area (Å²) in [5.74, 6) is -1.64. The van der Waals surface area contributed by atoms with Gasteiger partial charge in [0.05, 0.1) is 29.3 Å². The fourth-order valence-electron chi connectivity index (χ4n) is 5.30. The van der Waals surface area contributed by atoms with Gasteiger partial charge in [-0.05, 0) is 73.1 Å². The zero-order valence-corrected chi connectivity index (χ0v) is 21.9. The van der Waals surface area contributed by atoms with Crippen molar-refractivity contribution in [3.05, 3.63) is 53.1 Å². The van der Waals surface area contributed by atoms with Gasteiger partial charge in [0.15, 0.2) is 0 Å². The highest BCUT2D eigenvalue weighted by Gasteiger charge is 2.44. The molecule has 0 aromatic heterocycles. The van der Waals surface area contributed by atoms with Crippen LogP contribution in [0.4, 0.5) is 30.2 Å². The topological polar surface area (TPSA) is 119 Å². The van der Waals surface area contributed by atoms with Crippen molar-refractivity contribution in [2.24, 2.45) is 5.41 Å². The summed E-state index contributed by atoms with van der Waals surface area (Å²) < 4.78 is 65.3. The quantitative estimate of drug-likeness (QED) is 0.450. The smallest absolute Gasteiger partial charge is 0.395 e. The van der Waals surface area contributed by atoms with Gasteiger partial charge in [0.1, 0.15) is 6.54 Å². The summed E-state index contributed by atoms with van der Waals surface area (Å²) in [5.41, 5.74) is 2.39. The first-order valence-electron chi connectivity index (χ1n) is 12.7. The molecule has 2 amide bonds. The number of hydrogen-bond donors (Lipinski definition) is 3. The number of sulfonamides is 1. The Balaban J connectivity index is 1.37. The Morgan fingerprint density at radius 1 is 1.03 bits per heavy atom. The molecule has 2 aromatic rings. The van der Waals surface area contributed by atoms with E-state index in [9.17, 15) is 31.2 Å². The molecule has 1 aliphatic carbocycles. The number of alkyl halides is 3. The lowest BCUT2D eigenvalue weighted by Gasteiger charge is -2.35. The summed E-state index contributed by atoms with van der Waals surface area (Å²) in [4.78, 5) is 28.5. The number of anilines is 3. The largest absolute Gasteiger partial charge is 0.406 e. The number of rotatable bonds is 8. The number of hydrogen-bond acceptors (Lipinski definition) is 6. The summed E-state index contributed by atoms with van der Waals surface area (Å²) >= 11 is 0. The van der Waals surface area contributed by atoms with Gasteiger partial charge in [-0.2, -0.15) is 13.2 Å². The Hall–Kier alpha value is -3.32. The van der Waals surface area contributed by atoms with Crippen molar-refractivity contribution < 1.29 is 36.3 Å². The second-order valence-electron chi connectivity index (χ2n) is 10.5. The SMILES string of the molecule is O=C(Nc1ccc2c(c1)CN(CC(F)(F)F)C2=O)c1ccc(NS(=O)(=O)CCO)cc1N1CCC2(CC1)CC2. The second kappa shape index (κ2) is 10.0. The third-order valence-electron chi connectivity index (χ3n) is 7.61. The molecule has 3 aliphatic rings. The number of amides is 2. The van der Waals surface area contributed by atoms with E-state index in [4.69, 9.17) is 5.11 Å². The van der Waals surface area contributed by atoms with Gasteiger partial charge in [0.2, 0.25) is 10.0 Å². The molecule has 2 heterocycles. The number of aliphatic hydroxyl groups is 1. The Kier molecular flexibility index (Phi) is 7.00. The molecule has 9 nitrogen and oxygen atoms in total. The number of aliphatic hydroxyl groups excluding tert-OH is 1. The average molecular weight is 567 g/mol. The normalized spacial score (nSPS) is 18.3. The molecule has 2 aliphatic heterocycles. The molecule has 13 heteroatoms. The number of nitrogens with zero attached hydrogens (tertiary/aromatic N) is 2. The summed E-state index contributed by atoms with van der Waals surface area (Å²) in [7, 11) is -3.77. The molecule has 0 atom stereocenters. The highest BCUT2D eigenvalue weighted by atomic mass is 32.2. The van der Waals surface area contributed by atoms with Gasteiger partial charge in [-0.3, -0.25) is 14.3 Å². The van der Waals surface area contributed by atoms with Crippen molar-refractivity contribution in [1.29, 1.82) is 0 Å². The summed E-state index contributed by atoms with van der Waals surface area (Å²) in [6.07, 6.45) is -0.187. The lowest BCUT2D eigenvalue weighted by Crippen LogP contribution is -2.35. The van der Waals surface area contributed by atoms with Crippen LogP contribution in [-0.4, -0.2) is 68.4 Å². The van der Waals surface area contributed by atoms with Crippen LogP contribution in [0.1, 0.15) is 52.0 Å². The monoisotopic (exact) mass is 566 g/mol. The Morgan fingerprint density at radius 2 is 1.72 bits per heavy atom. The molecule has 2 aromatic carbocycles. The summed E-state index contributed by atoms with van der Waals surface area (Å²) in [6, 6.07) is 8.96. The lowest BCUT2D eigenvalue weighted by atomic mass is 9.93. The van der Waals surface area contributed by atoms with Crippen LogP contribution in [0.15, 0.2) is 36.4 Å². The highest BCUT2D eigenvalue weighted by Crippen LogP contribution is 2.54. The summed E-state index contributed by atoms with van der Waals surface area (Å²) in [6.45, 7) is -0.665. The fourth-order valence-corrected chi connectivity index (χ4v) is 6.13. The molecule has 0 bridgehead atoms. The first-order chi connectivity index (χ1) is 18.4. The number of halogens is 3. The first-order valence-corrected chi connectivity index (χ1v) is 14.3. The van der Waals surface area contributed by atoms with Crippen LogP contribution in [0.5, 0.6) is 0 Å². The van der Waals surface area contributed by atoms with Crippen LogP contribution < -0.4 is 14.9 Å². The van der Waals surface area contributed by atoms with Gasteiger partial charge in [0, 0.05) is 30.9 Å². The van der Waals surface area contributed by atoms with E-state index in [1.54, 1.807) is 6.07 Å².